The maximum absolute atomic E-state index is 12.3. The van der Waals surface area contributed by atoms with E-state index in [2.05, 4.69) is 9.68 Å². The topological polar surface area (TPSA) is 140 Å². The van der Waals surface area contributed by atoms with Crippen molar-refractivity contribution < 1.29 is 34.1 Å². The van der Waals surface area contributed by atoms with Crippen molar-refractivity contribution in [2.24, 2.45) is 0 Å². The third-order valence-corrected chi connectivity index (χ3v) is 3.94. The highest BCUT2D eigenvalue weighted by Crippen LogP contribution is 2.25. The average molecular weight is 394 g/mol. The van der Waals surface area contributed by atoms with E-state index in [1.807, 2.05) is 24.3 Å². The van der Waals surface area contributed by atoms with Crippen molar-refractivity contribution in [1.82, 2.24) is 0 Å². The van der Waals surface area contributed by atoms with Crippen LogP contribution in [0.15, 0.2) is 36.4 Å². The van der Waals surface area contributed by atoms with Crippen LogP contribution < -0.4 is 4.74 Å². The molecule has 2 aromatic carbocycles. The highest BCUT2D eigenvalue weighted by atomic mass is 17.0. The molecular weight excluding hydrogens is 376 g/mol. The monoisotopic (exact) mass is 394 g/mol. The lowest BCUT2D eigenvalue weighted by molar-refractivity contribution is -0.790. The van der Waals surface area contributed by atoms with E-state index in [0.29, 0.717) is 11.3 Å². The Balaban J connectivity index is 2.03. The molecule has 0 amide bonds. The molecule has 0 aliphatic carbocycles. The molecule has 0 unspecified atom stereocenters. The van der Waals surface area contributed by atoms with Gasteiger partial charge in [-0.15, -0.1) is 20.2 Å². The summed E-state index contributed by atoms with van der Waals surface area (Å²) < 4.78 is 10.2. The van der Waals surface area contributed by atoms with Crippen molar-refractivity contribution in [1.29, 1.82) is 0 Å². The van der Waals surface area contributed by atoms with E-state index < -0.39 is 41.4 Å². The molecule has 0 saturated carbocycles. The van der Waals surface area contributed by atoms with Gasteiger partial charge in [-0.2, -0.15) is 0 Å². The normalized spacial score (nSPS) is 12.6. The number of benzene rings is 2. The number of nitrogens with zero attached hydrogens (tertiary/aromatic N) is 2. The van der Waals surface area contributed by atoms with Gasteiger partial charge in [0.25, 0.3) is 10.2 Å². The lowest BCUT2D eigenvalue weighted by atomic mass is 9.98. The Labute approximate surface area is 158 Å². The number of ether oxygens (including phenoxy) is 2. The molecule has 2 atom stereocenters. The fourth-order valence-electron chi connectivity index (χ4n) is 2.45. The SMILES string of the molecule is COc1ccc2cc([C@@H](C)C(=O)OC[C@H](CO[N+](=O)[O-])O[N+](=O)[O-])ccc2c1. The highest BCUT2D eigenvalue weighted by molar-refractivity contribution is 5.86. The summed E-state index contributed by atoms with van der Waals surface area (Å²) in [6.07, 6.45) is -1.42. The second kappa shape index (κ2) is 9.35. The third kappa shape index (κ3) is 5.69. The summed E-state index contributed by atoms with van der Waals surface area (Å²) in [6.45, 7) is 0.306. The Morgan fingerprint density at radius 2 is 1.71 bits per heavy atom. The summed E-state index contributed by atoms with van der Waals surface area (Å²) >= 11 is 0. The van der Waals surface area contributed by atoms with Gasteiger partial charge in [0.15, 0.2) is 6.10 Å². The standard InChI is InChI=1S/C17H18N2O9/c1-11(12-3-4-14-8-15(25-2)6-5-13(14)7-12)17(20)26-9-16(28-19(23)24)10-27-18(21)22/h3-8,11,16H,9-10H2,1-2H3/t11-,16-/m1/s1. The molecule has 0 fully saturated rings. The number of esters is 1. The molecule has 11 nitrogen and oxygen atoms in total. The van der Waals surface area contributed by atoms with Gasteiger partial charge in [0, 0.05) is 0 Å². The third-order valence-electron chi connectivity index (χ3n) is 3.94. The quantitative estimate of drug-likeness (QED) is 0.337. The molecule has 0 heterocycles. The van der Waals surface area contributed by atoms with Crippen molar-refractivity contribution >= 4 is 16.7 Å². The molecular formula is C17H18N2O9. The Bertz CT molecular complexity index is 871. The van der Waals surface area contributed by atoms with E-state index in [0.717, 1.165) is 10.8 Å². The van der Waals surface area contributed by atoms with Gasteiger partial charge in [-0.05, 0) is 35.4 Å². The van der Waals surface area contributed by atoms with Gasteiger partial charge >= 0.3 is 5.97 Å². The van der Waals surface area contributed by atoms with Crippen LogP contribution in [0.5, 0.6) is 5.75 Å². The van der Waals surface area contributed by atoms with Crippen molar-refractivity contribution in [2.45, 2.75) is 18.9 Å². The number of carbonyl (C=O) groups excluding carboxylic acids is 1. The molecule has 0 radical (unpaired) electrons. The molecule has 150 valence electrons. The lowest BCUT2D eigenvalue weighted by Crippen LogP contribution is -2.31. The zero-order valence-electron chi connectivity index (χ0n) is 15.1. The molecule has 0 spiro atoms. The second-order valence-corrected chi connectivity index (χ2v) is 5.79. The van der Waals surface area contributed by atoms with Crippen LogP contribution in [0.2, 0.25) is 0 Å². The number of hydrogen-bond acceptors (Lipinski definition) is 9. The van der Waals surface area contributed by atoms with E-state index >= 15 is 0 Å². The number of carbonyl (C=O) groups is 1. The fraction of sp³-hybridized carbons (Fsp3) is 0.353. The fourth-order valence-corrected chi connectivity index (χ4v) is 2.45. The van der Waals surface area contributed by atoms with Gasteiger partial charge < -0.3 is 19.1 Å². The minimum absolute atomic E-state index is 0.567. The first-order valence-corrected chi connectivity index (χ1v) is 8.13. The van der Waals surface area contributed by atoms with Crippen molar-refractivity contribution in [2.75, 3.05) is 20.3 Å². The number of hydrogen-bond donors (Lipinski definition) is 0. The molecule has 11 heteroatoms. The van der Waals surface area contributed by atoms with Crippen molar-refractivity contribution in [3.05, 3.63) is 62.2 Å². The summed E-state index contributed by atoms with van der Waals surface area (Å²) in [5.74, 6) is -0.619. The first-order chi connectivity index (χ1) is 13.3. The minimum Gasteiger partial charge on any atom is -0.497 e. The van der Waals surface area contributed by atoms with E-state index in [4.69, 9.17) is 9.47 Å². The van der Waals surface area contributed by atoms with E-state index in [-0.39, 0.29) is 0 Å². The molecule has 28 heavy (non-hydrogen) atoms. The van der Waals surface area contributed by atoms with Crippen LogP contribution >= 0.6 is 0 Å². The zero-order valence-corrected chi connectivity index (χ0v) is 15.1. The summed E-state index contributed by atoms with van der Waals surface area (Å²) in [5, 5.41) is 20.2. The first kappa shape index (κ1) is 20.7. The maximum atomic E-state index is 12.3. The lowest BCUT2D eigenvalue weighted by Gasteiger charge is -2.17. The molecule has 2 aromatic rings. The first-order valence-electron chi connectivity index (χ1n) is 8.13. The predicted octanol–water partition coefficient (Wildman–Crippen LogP) is 2.28. The molecule has 0 aliphatic heterocycles. The predicted molar refractivity (Wildman–Crippen MR) is 94.7 cm³/mol. The van der Waals surface area contributed by atoms with Crippen LogP contribution in [0.3, 0.4) is 0 Å². The summed E-state index contributed by atoms with van der Waals surface area (Å²) in [7, 11) is 1.57. The van der Waals surface area contributed by atoms with E-state index in [1.54, 1.807) is 26.2 Å². The molecule has 0 bridgehead atoms. The Kier molecular flexibility index (Phi) is 6.90. The van der Waals surface area contributed by atoms with Gasteiger partial charge in [0.1, 0.15) is 19.0 Å². The summed E-state index contributed by atoms with van der Waals surface area (Å²) in [6, 6.07) is 10.9. The van der Waals surface area contributed by atoms with Crippen molar-refractivity contribution in [3.8, 4) is 5.75 Å². The molecule has 2 rings (SSSR count). The average Bonchev–Trinajstić information content (AvgIpc) is 2.67. The summed E-state index contributed by atoms with van der Waals surface area (Å²) in [4.78, 5) is 41.2. The number of methoxy groups -OCH3 is 1. The Morgan fingerprint density at radius 3 is 2.36 bits per heavy atom. The Morgan fingerprint density at radius 1 is 1.04 bits per heavy atom. The summed E-state index contributed by atoms with van der Waals surface area (Å²) in [5.41, 5.74) is 0.677. The van der Waals surface area contributed by atoms with Crippen molar-refractivity contribution in [3.63, 3.8) is 0 Å². The largest absolute Gasteiger partial charge is 0.497 e. The number of rotatable bonds is 10. The molecule has 0 N–H and O–H groups in total. The maximum Gasteiger partial charge on any atom is 0.313 e. The van der Waals surface area contributed by atoms with Crippen LogP contribution in [0.25, 0.3) is 10.8 Å². The van der Waals surface area contributed by atoms with Gasteiger partial charge in [-0.1, -0.05) is 24.3 Å². The minimum atomic E-state index is -1.42. The van der Waals surface area contributed by atoms with Gasteiger partial charge in [0.05, 0.1) is 13.0 Å². The molecule has 0 aliphatic rings. The second-order valence-electron chi connectivity index (χ2n) is 5.79. The van der Waals surface area contributed by atoms with Crippen LogP contribution in [0.1, 0.15) is 18.4 Å². The van der Waals surface area contributed by atoms with Gasteiger partial charge in [0.2, 0.25) is 0 Å². The van der Waals surface area contributed by atoms with Crippen LogP contribution in [-0.4, -0.2) is 42.6 Å². The van der Waals surface area contributed by atoms with Gasteiger partial charge in [-0.3, -0.25) is 4.79 Å². The van der Waals surface area contributed by atoms with E-state index in [9.17, 15) is 25.0 Å². The zero-order chi connectivity index (χ0) is 20.7. The van der Waals surface area contributed by atoms with Crippen LogP contribution in [-0.2, 0) is 19.2 Å². The number of fused-ring (bicyclic) bond motifs is 1. The smallest absolute Gasteiger partial charge is 0.313 e. The van der Waals surface area contributed by atoms with E-state index in [1.165, 1.54) is 0 Å². The highest BCUT2D eigenvalue weighted by Gasteiger charge is 2.22. The van der Waals surface area contributed by atoms with Crippen LogP contribution in [0, 0.1) is 20.2 Å². The Hall–Kier alpha value is -3.63. The molecule has 0 aromatic heterocycles. The van der Waals surface area contributed by atoms with Crippen LogP contribution in [0.4, 0.5) is 0 Å². The van der Waals surface area contributed by atoms with Gasteiger partial charge in [-0.25, -0.2) is 0 Å². The molecule has 0 saturated heterocycles.